The van der Waals surface area contributed by atoms with Crippen LogP contribution in [-0.2, 0) is 0 Å². The van der Waals surface area contributed by atoms with E-state index in [1.165, 1.54) is 37.6 Å². The highest BCUT2D eigenvalue weighted by Gasteiger charge is 2.21. The molecule has 2 rings (SSSR count). The number of benzene rings is 1. The Hall–Kier alpha value is -1.73. The van der Waals surface area contributed by atoms with Gasteiger partial charge in [0.15, 0.2) is 5.11 Å². The molecule has 2 atom stereocenters. The zero-order valence-corrected chi connectivity index (χ0v) is 14.4. The summed E-state index contributed by atoms with van der Waals surface area (Å²) < 4.78 is 0. The second kappa shape index (κ2) is 8.21. The van der Waals surface area contributed by atoms with Gasteiger partial charge in [0.1, 0.15) is 5.02 Å². The first-order valence-electron chi connectivity index (χ1n) is 7.51. The van der Waals surface area contributed by atoms with Gasteiger partial charge in [0.2, 0.25) is 0 Å². The third-order valence-corrected chi connectivity index (χ3v) is 4.50. The van der Waals surface area contributed by atoms with Gasteiger partial charge in [-0.3, -0.25) is 15.5 Å². The first kappa shape index (κ1) is 17.6. The maximum Gasteiger partial charge on any atom is 0.288 e. The number of rotatable bonds is 4. The summed E-state index contributed by atoms with van der Waals surface area (Å²) in [5.74, 6) is 0.589. The van der Waals surface area contributed by atoms with Crippen molar-refractivity contribution in [3.8, 4) is 0 Å². The smallest absolute Gasteiger partial charge is 0.288 e. The molecule has 1 saturated carbocycles. The lowest BCUT2D eigenvalue weighted by Gasteiger charge is -2.30. The van der Waals surface area contributed by atoms with E-state index in [4.69, 9.17) is 23.8 Å². The average Bonchev–Trinajstić information content (AvgIpc) is 2.51. The third kappa shape index (κ3) is 5.14. The van der Waals surface area contributed by atoms with E-state index < -0.39 is 4.92 Å². The highest BCUT2D eigenvalue weighted by molar-refractivity contribution is 7.80. The third-order valence-electron chi connectivity index (χ3n) is 3.97. The van der Waals surface area contributed by atoms with E-state index in [1.807, 2.05) is 0 Å². The van der Waals surface area contributed by atoms with Crippen LogP contribution in [0, 0.1) is 16.0 Å². The Balaban J connectivity index is 1.89. The Morgan fingerprint density at radius 2 is 2.22 bits per heavy atom. The number of hydrogen-bond donors (Lipinski definition) is 2. The minimum absolute atomic E-state index is 0.101. The molecule has 6 nitrogen and oxygen atoms in total. The largest absolute Gasteiger partial charge is 0.358 e. The van der Waals surface area contributed by atoms with Crippen LogP contribution in [0.5, 0.6) is 0 Å². The molecular weight excluding hydrogens is 336 g/mol. The van der Waals surface area contributed by atoms with Crippen molar-refractivity contribution in [2.75, 3.05) is 0 Å². The minimum atomic E-state index is -0.524. The summed E-state index contributed by atoms with van der Waals surface area (Å²) in [5, 5.41) is 18.7. The fraction of sp³-hybridized carbons (Fsp3) is 0.467. The molecule has 1 aromatic rings. The predicted molar refractivity (Wildman–Crippen MR) is 96.0 cm³/mol. The molecule has 0 unspecified atom stereocenters. The van der Waals surface area contributed by atoms with E-state index in [0.717, 1.165) is 6.42 Å². The van der Waals surface area contributed by atoms with Gasteiger partial charge in [-0.25, -0.2) is 0 Å². The Kier molecular flexibility index (Phi) is 6.29. The molecule has 2 N–H and O–H groups in total. The number of halogens is 1. The molecule has 0 bridgehead atoms. The maximum absolute atomic E-state index is 10.8. The van der Waals surface area contributed by atoms with Gasteiger partial charge >= 0.3 is 0 Å². The lowest BCUT2D eigenvalue weighted by molar-refractivity contribution is -0.384. The molecule has 8 heteroatoms. The Morgan fingerprint density at radius 1 is 1.48 bits per heavy atom. The molecule has 0 heterocycles. The molecule has 0 spiro atoms. The van der Waals surface area contributed by atoms with E-state index in [-0.39, 0.29) is 10.7 Å². The molecule has 1 fully saturated rings. The second-order valence-corrected chi connectivity index (χ2v) is 6.50. The summed E-state index contributed by atoms with van der Waals surface area (Å²) in [7, 11) is 0. The summed E-state index contributed by atoms with van der Waals surface area (Å²) in [6.45, 7) is 2.22. The van der Waals surface area contributed by atoms with Crippen molar-refractivity contribution in [2.45, 2.75) is 38.6 Å². The van der Waals surface area contributed by atoms with Gasteiger partial charge in [-0.15, -0.1) is 0 Å². The second-order valence-electron chi connectivity index (χ2n) is 5.68. The number of hydrogen-bond acceptors (Lipinski definition) is 4. The predicted octanol–water partition coefficient (Wildman–Crippen LogP) is 3.62. The van der Waals surface area contributed by atoms with E-state index in [0.29, 0.717) is 22.6 Å². The number of thiocarbonyl (C=S) groups is 1. The summed E-state index contributed by atoms with van der Waals surface area (Å²) in [5.41, 5.74) is 3.17. The highest BCUT2D eigenvalue weighted by Crippen LogP contribution is 2.24. The van der Waals surface area contributed by atoms with Gasteiger partial charge in [0, 0.05) is 17.7 Å². The van der Waals surface area contributed by atoms with Crippen LogP contribution in [0.2, 0.25) is 5.02 Å². The minimum Gasteiger partial charge on any atom is -0.358 e. The van der Waals surface area contributed by atoms with E-state index in [1.54, 1.807) is 6.07 Å². The lowest BCUT2D eigenvalue weighted by atomic mass is 9.86. The summed E-state index contributed by atoms with van der Waals surface area (Å²) >= 11 is 11.0. The molecule has 0 amide bonds. The molecule has 1 aromatic carbocycles. The molecule has 0 saturated heterocycles. The monoisotopic (exact) mass is 354 g/mol. The summed E-state index contributed by atoms with van der Waals surface area (Å²) in [6.07, 6.45) is 6.27. The summed E-state index contributed by atoms with van der Waals surface area (Å²) in [4.78, 5) is 10.3. The lowest BCUT2D eigenvalue weighted by Crippen LogP contribution is -2.44. The van der Waals surface area contributed by atoms with Crippen molar-refractivity contribution in [3.05, 3.63) is 38.9 Å². The average molecular weight is 355 g/mol. The molecule has 0 aromatic heterocycles. The molecule has 1 aliphatic rings. The van der Waals surface area contributed by atoms with Crippen molar-refractivity contribution >= 4 is 40.8 Å². The quantitative estimate of drug-likeness (QED) is 0.373. The number of nitrogens with one attached hydrogen (secondary N) is 2. The fourth-order valence-corrected chi connectivity index (χ4v) is 3.04. The molecule has 124 valence electrons. The number of nitrogens with zero attached hydrogens (tertiary/aromatic N) is 2. The van der Waals surface area contributed by atoms with Crippen LogP contribution in [0.25, 0.3) is 0 Å². The van der Waals surface area contributed by atoms with Gasteiger partial charge in [0.05, 0.1) is 11.1 Å². The first-order chi connectivity index (χ1) is 11.0. The van der Waals surface area contributed by atoms with Gasteiger partial charge in [-0.2, -0.15) is 5.10 Å². The molecule has 1 aliphatic carbocycles. The molecule has 0 aliphatic heterocycles. The van der Waals surface area contributed by atoms with E-state index >= 15 is 0 Å². The zero-order chi connectivity index (χ0) is 16.8. The van der Waals surface area contributed by atoms with Gasteiger partial charge in [-0.1, -0.05) is 37.4 Å². The molecule has 0 radical (unpaired) electrons. The Morgan fingerprint density at radius 3 is 2.91 bits per heavy atom. The highest BCUT2D eigenvalue weighted by atomic mass is 35.5. The van der Waals surface area contributed by atoms with Crippen LogP contribution >= 0.6 is 23.8 Å². The Labute approximate surface area is 145 Å². The fourth-order valence-electron chi connectivity index (χ4n) is 2.65. The zero-order valence-electron chi connectivity index (χ0n) is 12.8. The molecular formula is C15H19ClN4O2S. The van der Waals surface area contributed by atoms with Crippen LogP contribution in [0.15, 0.2) is 23.3 Å². The summed E-state index contributed by atoms with van der Waals surface area (Å²) in [6, 6.07) is 4.87. The van der Waals surface area contributed by atoms with E-state index in [2.05, 4.69) is 22.8 Å². The van der Waals surface area contributed by atoms with Gasteiger partial charge in [-0.05, 0) is 37.0 Å². The maximum atomic E-state index is 10.8. The topological polar surface area (TPSA) is 79.6 Å². The van der Waals surface area contributed by atoms with Crippen molar-refractivity contribution in [1.29, 1.82) is 0 Å². The standard InChI is InChI=1S/C15H19ClN4O2S/c1-10-4-2-3-5-13(10)18-15(23)19-17-9-11-6-7-12(16)14(8-11)20(21)22/h6-10,13H,2-5H2,1H3,(H2,18,19,23)/b17-9-/t10-,13-/m1/s1. The van der Waals surface area contributed by atoms with E-state index in [9.17, 15) is 10.1 Å². The van der Waals surface area contributed by atoms with Gasteiger partial charge < -0.3 is 5.32 Å². The van der Waals surface area contributed by atoms with Crippen LogP contribution in [0.4, 0.5) is 5.69 Å². The SMILES string of the molecule is C[C@@H]1CCCC[C@H]1NC(=S)N/N=C\c1ccc(Cl)c([N+](=O)[O-])c1. The van der Waals surface area contributed by atoms with Crippen LogP contribution < -0.4 is 10.7 Å². The van der Waals surface area contributed by atoms with Gasteiger partial charge in [0.25, 0.3) is 5.69 Å². The number of nitro groups is 1. The van der Waals surface area contributed by atoms with Crippen molar-refractivity contribution in [1.82, 2.24) is 10.7 Å². The number of nitro benzene ring substituents is 1. The van der Waals surface area contributed by atoms with Crippen molar-refractivity contribution in [3.63, 3.8) is 0 Å². The first-order valence-corrected chi connectivity index (χ1v) is 8.29. The van der Waals surface area contributed by atoms with Crippen molar-refractivity contribution in [2.24, 2.45) is 11.0 Å². The van der Waals surface area contributed by atoms with Crippen molar-refractivity contribution < 1.29 is 4.92 Å². The molecule has 23 heavy (non-hydrogen) atoms. The normalized spacial score (nSPS) is 21.1. The Bertz CT molecular complexity index is 623. The van der Waals surface area contributed by atoms with Crippen LogP contribution in [0.3, 0.4) is 0 Å². The van der Waals surface area contributed by atoms with Crippen LogP contribution in [-0.4, -0.2) is 22.3 Å². The van der Waals surface area contributed by atoms with Crippen LogP contribution in [0.1, 0.15) is 38.2 Å². The number of hydrazone groups is 1.